The highest BCUT2D eigenvalue weighted by Gasteiger charge is 2.12. The first kappa shape index (κ1) is 12.9. The second kappa shape index (κ2) is 7.33. The Labute approximate surface area is 88.2 Å². The number of unbranched alkanes of at least 4 members (excludes halogenated alkanes) is 2. The lowest BCUT2D eigenvalue weighted by Gasteiger charge is -2.18. The van der Waals surface area contributed by atoms with E-state index in [9.17, 15) is 4.79 Å². The predicted molar refractivity (Wildman–Crippen MR) is 57.0 cm³/mol. The molecule has 0 aliphatic heterocycles. The van der Waals surface area contributed by atoms with Gasteiger partial charge in [-0.05, 0) is 26.2 Å². The van der Waals surface area contributed by atoms with Crippen LogP contribution in [0.3, 0.4) is 0 Å². The van der Waals surface area contributed by atoms with Crippen molar-refractivity contribution < 1.29 is 9.90 Å². The highest BCUT2D eigenvalue weighted by atomic mass is 79.9. The number of carbonyl (C=O) groups is 1. The molecule has 0 bridgehead atoms. The first-order valence-corrected chi connectivity index (χ1v) is 5.51. The Kier molecular flexibility index (Phi) is 7.28. The molecule has 1 unspecified atom stereocenters. The van der Waals surface area contributed by atoms with Crippen LogP contribution in [0.15, 0.2) is 0 Å². The fraction of sp³-hybridized carbons (Fsp3) is 0.889. The van der Waals surface area contributed by atoms with Crippen LogP contribution in [0.25, 0.3) is 0 Å². The molecule has 1 N–H and O–H groups in total. The third-order valence-electron chi connectivity index (χ3n) is 1.87. The molecule has 0 aromatic carbocycles. The molecule has 0 aromatic rings. The number of amides is 1. The zero-order valence-corrected chi connectivity index (χ0v) is 9.88. The zero-order chi connectivity index (χ0) is 10.3. The molecular weight excluding hydrogens is 234 g/mol. The molecule has 1 atom stereocenters. The summed E-state index contributed by atoms with van der Waals surface area (Å²) in [5.74, 6) is 0.115. The molecule has 3 nitrogen and oxygen atoms in total. The van der Waals surface area contributed by atoms with Crippen LogP contribution in [0.4, 0.5) is 0 Å². The van der Waals surface area contributed by atoms with Gasteiger partial charge in [-0.15, -0.1) is 0 Å². The summed E-state index contributed by atoms with van der Waals surface area (Å²) in [6.45, 7) is 2.84. The monoisotopic (exact) mass is 251 g/mol. The SMILES string of the molecule is CC(Br)C(=O)N(C)CCCCCO. The number of carbonyl (C=O) groups excluding carboxylic acids is 1. The van der Waals surface area contributed by atoms with Gasteiger partial charge in [0, 0.05) is 20.2 Å². The van der Waals surface area contributed by atoms with Gasteiger partial charge < -0.3 is 10.0 Å². The molecule has 0 heterocycles. The van der Waals surface area contributed by atoms with Crippen LogP contribution in [-0.2, 0) is 4.79 Å². The predicted octanol–water partition coefficient (Wildman–Crippen LogP) is 1.39. The van der Waals surface area contributed by atoms with Gasteiger partial charge in [0.2, 0.25) is 5.91 Å². The topological polar surface area (TPSA) is 40.5 Å². The normalized spacial score (nSPS) is 12.6. The van der Waals surface area contributed by atoms with Gasteiger partial charge in [0.15, 0.2) is 0 Å². The first-order chi connectivity index (χ1) is 6.09. The number of nitrogens with zero attached hydrogens (tertiary/aromatic N) is 1. The van der Waals surface area contributed by atoms with Crippen LogP contribution in [-0.4, -0.2) is 40.9 Å². The van der Waals surface area contributed by atoms with Crippen LogP contribution in [0.1, 0.15) is 26.2 Å². The Balaban J connectivity index is 3.50. The first-order valence-electron chi connectivity index (χ1n) is 4.59. The third-order valence-corrected chi connectivity index (χ3v) is 2.26. The molecule has 0 aromatic heterocycles. The van der Waals surface area contributed by atoms with Gasteiger partial charge in [0.25, 0.3) is 0 Å². The quantitative estimate of drug-likeness (QED) is 0.573. The molecule has 78 valence electrons. The van der Waals surface area contributed by atoms with Crippen LogP contribution in [0.5, 0.6) is 0 Å². The minimum absolute atomic E-state index is 0.102. The van der Waals surface area contributed by atoms with Crippen molar-refractivity contribution >= 4 is 21.8 Å². The van der Waals surface area contributed by atoms with E-state index in [0.717, 1.165) is 25.8 Å². The average molecular weight is 252 g/mol. The number of halogens is 1. The Morgan fingerprint density at radius 3 is 2.54 bits per heavy atom. The molecule has 0 aliphatic rings. The zero-order valence-electron chi connectivity index (χ0n) is 8.29. The van der Waals surface area contributed by atoms with Crippen molar-refractivity contribution in [2.45, 2.75) is 31.0 Å². The number of aliphatic hydroxyl groups is 1. The molecule has 0 saturated carbocycles. The van der Waals surface area contributed by atoms with E-state index in [0.29, 0.717) is 0 Å². The summed E-state index contributed by atoms with van der Waals surface area (Å²) in [4.78, 5) is 13.0. The number of hydrogen-bond acceptors (Lipinski definition) is 2. The van der Waals surface area contributed by atoms with Gasteiger partial charge in [0.05, 0.1) is 4.83 Å². The molecule has 13 heavy (non-hydrogen) atoms. The van der Waals surface area contributed by atoms with Gasteiger partial charge in [-0.2, -0.15) is 0 Å². The number of hydrogen-bond donors (Lipinski definition) is 1. The van der Waals surface area contributed by atoms with Crippen molar-refractivity contribution in [3.63, 3.8) is 0 Å². The molecule has 0 rings (SSSR count). The summed E-state index contributed by atoms with van der Waals surface area (Å²) >= 11 is 3.23. The summed E-state index contributed by atoms with van der Waals surface area (Å²) in [7, 11) is 1.80. The van der Waals surface area contributed by atoms with E-state index in [1.807, 2.05) is 6.92 Å². The van der Waals surface area contributed by atoms with Gasteiger partial charge in [-0.25, -0.2) is 0 Å². The van der Waals surface area contributed by atoms with Crippen molar-refractivity contribution in [1.82, 2.24) is 4.90 Å². The lowest BCUT2D eigenvalue weighted by atomic mass is 10.2. The summed E-state index contributed by atoms with van der Waals surface area (Å²) < 4.78 is 0. The number of aliphatic hydroxyl groups excluding tert-OH is 1. The van der Waals surface area contributed by atoms with Crippen LogP contribution < -0.4 is 0 Å². The highest BCUT2D eigenvalue weighted by molar-refractivity contribution is 9.10. The van der Waals surface area contributed by atoms with Crippen molar-refractivity contribution in [2.75, 3.05) is 20.2 Å². The highest BCUT2D eigenvalue weighted by Crippen LogP contribution is 2.04. The maximum absolute atomic E-state index is 11.3. The lowest BCUT2D eigenvalue weighted by molar-refractivity contribution is -0.128. The molecule has 0 saturated heterocycles. The molecule has 0 fully saturated rings. The largest absolute Gasteiger partial charge is 0.396 e. The Bertz CT molecular complexity index is 151. The Morgan fingerprint density at radius 2 is 2.08 bits per heavy atom. The summed E-state index contributed by atoms with van der Waals surface area (Å²) in [6, 6.07) is 0. The van der Waals surface area contributed by atoms with Crippen molar-refractivity contribution in [3.8, 4) is 0 Å². The third kappa shape index (κ3) is 6.05. The minimum atomic E-state index is -0.102. The molecule has 4 heteroatoms. The van der Waals surface area contributed by atoms with E-state index < -0.39 is 0 Å². The Hall–Kier alpha value is -0.0900. The number of rotatable bonds is 6. The van der Waals surface area contributed by atoms with Gasteiger partial charge >= 0.3 is 0 Å². The van der Waals surface area contributed by atoms with Crippen LogP contribution >= 0.6 is 15.9 Å². The van der Waals surface area contributed by atoms with Crippen molar-refractivity contribution in [2.24, 2.45) is 0 Å². The fourth-order valence-corrected chi connectivity index (χ4v) is 1.40. The smallest absolute Gasteiger partial charge is 0.235 e. The second-order valence-corrected chi connectivity index (χ2v) is 4.53. The summed E-state index contributed by atoms with van der Waals surface area (Å²) in [5.41, 5.74) is 0. The summed E-state index contributed by atoms with van der Waals surface area (Å²) in [6.07, 6.45) is 2.76. The standard InChI is InChI=1S/C9H18BrNO2/c1-8(10)9(13)11(2)6-4-3-5-7-12/h8,12H,3-7H2,1-2H3. The van der Waals surface area contributed by atoms with E-state index in [2.05, 4.69) is 15.9 Å². The van der Waals surface area contributed by atoms with Crippen LogP contribution in [0.2, 0.25) is 0 Å². The number of alkyl halides is 1. The molecule has 0 aliphatic carbocycles. The Morgan fingerprint density at radius 1 is 1.46 bits per heavy atom. The van der Waals surface area contributed by atoms with Gasteiger partial charge in [0.1, 0.15) is 0 Å². The van der Waals surface area contributed by atoms with Crippen LogP contribution in [0, 0.1) is 0 Å². The summed E-state index contributed by atoms with van der Waals surface area (Å²) in [5, 5.41) is 8.54. The second-order valence-electron chi connectivity index (χ2n) is 3.16. The fourth-order valence-electron chi connectivity index (χ4n) is 1.05. The molecule has 0 spiro atoms. The van der Waals surface area contributed by atoms with E-state index in [-0.39, 0.29) is 17.3 Å². The van der Waals surface area contributed by atoms with E-state index >= 15 is 0 Å². The van der Waals surface area contributed by atoms with Gasteiger partial charge in [-0.1, -0.05) is 15.9 Å². The van der Waals surface area contributed by atoms with E-state index in [1.165, 1.54) is 0 Å². The lowest BCUT2D eigenvalue weighted by Crippen LogP contribution is -2.32. The van der Waals surface area contributed by atoms with Crippen molar-refractivity contribution in [1.29, 1.82) is 0 Å². The minimum Gasteiger partial charge on any atom is -0.396 e. The van der Waals surface area contributed by atoms with E-state index in [4.69, 9.17) is 5.11 Å². The molecule has 1 amide bonds. The van der Waals surface area contributed by atoms with Gasteiger partial charge in [-0.3, -0.25) is 4.79 Å². The van der Waals surface area contributed by atoms with Crippen molar-refractivity contribution in [3.05, 3.63) is 0 Å². The van der Waals surface area contributed by atoms with E-state index in [1.54, 1.807) is 11.9 Å². The molecular formula is C9H18BrNO2. The molecule has 0 radical (unpaired) electrons. The maximum atomic E-state index is 11.3. The maximum Gasteiger partial charge on any atom is 0.235 e. The average Bonchev–Trinajstić information content (AvgIpc) is 2.10.